The summed E-state index contributed by atoms with van der Waals surface area (Å²) in [6.07, 6.45) is 3.92. The Labute approximate surface area is 154 Å². The van der Waals surface area contributed by atoms with Gasteiger partial charge in [0.1, 0.15) is 17.2 Å². The molecule has 126 valence electrons. The van der Waals surface area contributed by atoms with Gasteiger partial charge in [-0.2, -0.15) is 0 Å². The molecule has 0 atom stereocenters. The Morgan fingerprint density at radius 2 is 2.00 bits per heavy atom. The second kappa shape index (κ2) is 8.05. The number of thioether (sulfide) groups is 1. The van der Waals surface area contributed by atoms with E-state index in [9.17, 15) is 4.79 Å². The monoisotopic (exact) mass is 382 g/mol. The first kappa shape index (κ1) is 17.3. The summed E-state index contributed by atoms with van der Waals surface area (Å²) >= 11 is 13.3. The van der Waals surface area contributed by atoms with E-state index in [1.54, 1.807) is 24.5 Å². The minimum atomic E-state index is -0.162. The number of nitrogens with zero attached hydrogens (tertiary/aromatic N) is 3. The number of hydrogen-bond donors (Lipinski definition) is 1. The lowest BCUT2D eigenvalue weighted by atomic mass is 10.3. The van der Waals surface area contributed by atoms with Crippen LogP contribution in [0.15, 0.2) is 35.6 Å². The molecule has 2 heterocycles. The Hall–Kier alpha value is -1.50. The third-order valence-corrected chi connectivity index (χ3v) is 5.10. The third-order valence-electron chi connectivity index (χ3n) is 3.61. The predicted molar refractivity (Wildman–Crippen MR) is 99.3 cm³/mol. The summed E-state index contributed by atoms with van der Waals surface area (Å²) < 4.78 is 0. The van der Waals surface area contributed by atoms with Crippen LogP contribution in [-0.4, -0.2) is 34.7 Å². The van der Waals surface area contributed by atoms with E-state index in [0.717, 1.165) is 23.9 Å². The van der Waals surface area contributed by atoms with Crippen molar-refractivity contribution in [3.8, 4) is 0 Å². The molecular weight excluding hydrogens is 367 g/mol. The molecule has 24 heavy (non-hydrogen) atoms. The molecule has 5 nitrogen and oxygen atoms in total. The Kier molecular flexibility index (Phi) is 5.81. The number of aromatic nitrogens is 2. The lowest BCUT2D eigenvalue weighted by molar-refractivity contribution is -0.113. The van der Waals surface area contributed by atoms with Crippen LogP contribution in [0.25, 0.3) is 0 Å². The van der Waals surface area contributed by atoms with Crippen molar-refractivity contribution in [3.05, 3.63) is 40.6 Å². The van der Waals surface area contributed by atoms with Crippen LogP contribution >= 0.6 is 35.0 Å². The molecule has 0 spiro atoms. The van der Waals surface area contributed by atoms with Gasteiger partial charge in [-0.15, -0.1) is 0 Å². The zero-order valence-electron chi connectivity index (χ0n) is 12.8. The molecule has 2 aromatic rings. The smallest absolute Gasteiger partial charge is 0.234 e. The number of amides is 1. The van der Waals surface area contributed by atoms with Gasteiger partial charge in [-0.25, -0.2) is 9.97 Å². The van der Waals surface area contributed by atoms with E-state index >= 15 is 0 Å². The number of carbonyl (C=O) groups is 1. The number of hydrogen-bond acceptors (Lipinski definition) is 5. The van der Waals surface area contributed by atoms with Gasteiger partial charge in [0, 0.05) is 24.2 Å². The maximum absolute atomic E-state index is 12.1. The maximum Gasteiger partial charge on any atom is 0.234 e. The van der Waals surface area contributed by atoms with E-state index < -0.39 is 0 Å². The average molecular weight is 383 g/mol. The van der Waals surface area contributed by atoms with E-state index in [0.29, 0.717) is 15.7 Å². The molecule has 1 aromatic carbocycles. The summed E-state index contributed by atoms with van der Waals surface area (Å²) in [6, 6.07) is 6.88. The largest absolute Gasteiger partial charge is 0.356 e. The van der Waals surface area contributed by atoms with E-state index in [1.165, 1.54) is 24.6 Å². The summed E-state index contributed by atoms with van der Waals surface area (Å²) in [7, 11) is 0. The predicted octanol–water partition coefficient (Wildman–Crippen LogP) is 4.11. The first-order chi connectivity index (χ1) is 11.6. The molecule has 0 saturated carbocycles. The highest BCUT2D eigenvalue weighted by atomic mass is 35.5. The lowest BCUT2D eigenvalue weighted by Crippen LogP contribution is -2.19. The first-order valence-electron chi connectivity index (χ1n) is 7.56. The molecule has 1 amide bonds. The second-order valence-electron chi connectivity index (χ2n) is 5.37. The molecule has 0 bridgehead atoms. The highest BCUT2D eigenvalue weighted by molar-refractivity contribution is 7.99. The van der Waals surface area contributed by atoms with Gasteiger partial charge in [-0.05, 0) is 31.0 Å². The van der Waals surface area contributed by atoms with Crippen molar-refractivity contribution >= 4 is 52.4 Å². The Bertz CT molecular complexity index is 738. The van der Waals surface area contributed by atoms with Crippen molar-refractivity contribution in [2.24, 2.45) is 0 Å². The highest BCUT2D eigenvalue weighted by Crippen LogP contribution is 2.26. The number of nitrogens with one attached hydrogen (secondary N) is 1. The van der Waals surface area contributed by atoms with Crippen molar-refractivity contribution in [1.82, 2.24) is 9.97 Å². The molecule has 1 aliphatic heterocycles. The molecule has 0 aliphatic carbocycles. The summed E-state index contributed by atoms with van der Waals surface area (Å²) in [6.45, 7) is 2.05. The third kappa shape index (κ3) is 4.53. The zero-order valence-corrected chi connectivity index (χ0v) is 15.2. The fraction of sp³-hybridized carbons (Fsp3) is 0.312. The van der Waals surface area contributed by atoms with E-state index in [4.69, 9.17) is 23.2 Å². The van der Waals surface area contributed by atoms with E-state index in [1.807, 2.05) is 6.07 Å². The summed E-state index contributed by atoms with van der Waals surface area (Å²) in [4.78, 5) is 22.9. The molecule has 1 saturated heterocycles. The minimum absolute atomic E-state index is 0.162. The van der Waals surface area contributed by atoms with E-state index in [2.05, 4.69) is 20.2 Å². The number of benzene rings is 1. The Balaban J connectivity index is 1.58. The number of halogens is 2. The van der Waals surface area contributed by atoms with Crippen LogP contribution in [0.4, 0.5) is 11.5 Å². The zero-order chi connectivity index (χ0) is 16.9. The van der Waals surface area contributed by atoms with Gasteiger partial charge >= 0.3 is 0 Å². The summed E-state index contributed by atoms with van der Waals surface area (Å²) in [5, 5.41) is 4.51. The van der Waals surface area contributed by atoms with Crippen LogP contribution in [0.3, 0.4) is 0 Å². The van der Waals surface area contributed by atoms with Gasteiger partial charge < -0.3 is 10.2 Å². The molecule has 1 aromatic heterocycles. The lowest BCUT2D eigenvalue weighted by Gasteiger charge is -2.16. The van der Waals surface area contributed by atoms with Crippen molar-refractivity contribution in [1.29, 1.82) is 0 Å². The maximum atomic E-state index is 12.1. The van der Waals surface area contributed by atoms with Gasteiger partial charge in [0.15, 0.2) is 0 Å². The molecule has 1 aliphatic rings. The van der Waals surface area contributed by atoms with Crippen molar-refractivity contribution in [2.75, 3.05) is 29.1 Å². The highest BCUT2D eigenvalue weighted by Gasteiger charge is 2.14. The van der Waals surface area contributed by atoms with Crippen LogP contribution in [0.1, 0.15) is 12.8 Å². The minimum Gasteiger partial charge on any atom is -0.356 e. The number of carbonyl (C=O) groups excluding carboxylic acids is 1. The van der Waals surface area contributed by atoms with Crippen molar-refractivity contribution in [3.63, 3.8) is 0 Å². The SMILES string of the molecule is O=C(CSc1cc(N2CCCC2)ncn1)Nc1cc(Cl)ccc1Cl. The van der Waals surface area contributed by atoms with Crippen LogP contribution in [0.5, 0.6) is 0 Å². The fourth-order valence-electron chi connectivity index (χ4n) is 2.45. The van der Waals surface area contributed by atoms with Crippen molar-refractivity contribution < 1.29 is 4.79 Å². The topological polar surface area (TPSA) is 58.1 Å². The Morgan fingerprint density at radius 3 is 2.79 bits per heavy atom. The standard InChI is InChI=1S/C16H16Cl2N4OS/c17-11-3-4-12(18)13(7-11)21-15(23)9-24-16-8-14(19-10-20-16)22-5-1-2-6-22/h3-4,7-8,10H,1-2,5-6,9H2,(H,21,23). The van der Waals surface area contributed by atoms with Gasteiger partial charge in [-0.3, -0.25) is 4.79 Å². The normalized spacial score (nSPS) is 14.0. The van der Waals surface area contributed by atoms with Crippen LogP contribution in [-0.2, 0) is 4.79 Å². The van der Waals surface area contributed by atoms with Crippen LogP contribution in [0, 0.1) is 0 Å². The Morgan fingerprint density at radius 1 is 1.21 bits per heavy atom. The van der Waals surface area contributed by atoms with E-state index in [-0.39, 0.29) is 11.7 Å². The fourth-order valence-corrected chi connectivity index (χ4v) is 3.45. The quantitative estimate of drug-likeness (QED) is 0.622. The summed E-state index contributed by atoms with van der Waals surface area (Å²) in [5.74, 6) is 0.994. The molecule has 8 heteroatoms. The molecule has 3 rings (SSSR count). The number of rotatable bonds is 5. The second-order valence-corrected chi connectivity index (χ2v) is 7.21. The van der Waals surface area contributed by atoms with Crippen LogP contribution in [0.2, 0.25) is 10.0 Å². The van der Waals surface area contributed by atoms with Gasteiger partial charge in [0.2, 0.25) is 5.91 Å². The molecule has 0 radical (unpaired) electrons. The average Bonchev–Trinajstić information content (AvgIpc) is 3.11. The van der Waals surface area contributed by atoms with Gasteiger partial charge in [0.25, 0.3) is 0 Å². The number of anilines is 2. The molecule has 1 N–H and O–H groups in total. The van der Waals surface area contributed by atoms with Gasteiger partial charge in [-0.1, -0.05) is 35.0 Å². The molecular formula is C16H16Cl2N4OS. The summed E-state index contributed by atoms with van der Waals surface area (Å²) in [5.41, 5.74) is 0.509. The van der Waals surface area contributed by atoms with Crippen LogP contribution < -0.4 is 10.2 Å². The first-order valence-corrected chi connectivity index (χ1v) is 9.31. The van der Waals surface area contributed by atoms with Crippen molar-refractivity contribution in [2.45, 2.75) is 17.9 Å². The van der Waals surface area contributed by atoms with Gasteiger partial charge in [0.05, 0.1) is 16.5 Å². The molecule has 1 fully saturated rings. The molecule has 0 unspecified atom stereocenters.